The van der Waals surface area contributed by atoms with E-state index >= 15 is 0 Å². The van der Waals surface area contributed by atoms with Gasteiger partial charge in [0.05, 0.1) is 38.9 Å². The molecule has 8 heteroatoms. The molecule has 2 unspecified atom stereocenters. The number of para-hydroxylation sites is 2. The molecule has 2 aromatic rings. The maximum absolute atomic E-state index is 10.6. The van der Waals surface area contributed by atoms with Gasteiger partial charge in [-0.3, -0.25) is 0 Å². The molecule has 0 radical (unpaired) electrons. The van der Waals surface area contributed by atoms with E-state index < -0.39 is 11.7 Å². The third-order valence-electron chi connectivity index (χ3n) is 6.83. The molecule has 0 spiro atoms. The zero-order chi connectivity index (χ0) is 27.0. The molecular weight excluding hydrogens is 472 g/mol. The van der Waals surface area contributed by atoms with E-state index in [1.165, 1.54) is 0 Å². The molecule has 8 nitrogen and oxygen atoms in total. The van der Waals surface area contributed by atoms with Crippen molar-refractivity contribution in [2.75, 3.05) is 27.4 Å². The van der Waals surface area contributed by atoms with Crippen LogP contribution < -0.4 is 34.2 Å². The first-order chi connectivity index (χ1) is 17.8. The summed E-state index contributed by atoms with van der Waals surface area (Å²) in [6.45, 7) is 8.76. The molecule has 0 aromatic heterocycles. The Morgan fingerprint density at radius 2 is 1.62 bits per heavy atom. The molecule has 1 aliphatic rings. The Morgan fingerprint density at radius 3 is 2.14 bits per heavy atom. The molecule has 2 N–H and O–H groups in total. The minimum atomic E-state index is -0.855. The van der Waals surface area contributed by atoms with E-state index in [2.05, 4.69) is 6.07 Å². The molecule has 0 saturated heterocycles. The minimum Gasteiger partial charge on any atom is -0.490 e. The Morgan fingerprint density at radius 1 is 1.00 bits per heavy atom. The lowest BCUT2D eigenvalue weighted by molar-refractivity contribution is 0.0349. The summed E-state index contributed by atoms with van der Waals surface area (Å²) in [5.41, 5.74) is 6.36. The van der Waals surface area contributed by atoms with Gasteiger partial charge < -0.3 is 34.2 Å². The second-order valence-corrected chi connectivity index (χ2v) is 9.42. The van der Waals surface area contributed by atoms with Crippen LogP contribution in [0.1, 0.15) is 58.9 Å². The Hall–Kier alpha value is -3.31. The molecule has 0 aliphatic carbocycles. The highest BCUT2D eigenvalue weighted by Gasteiger charge is 2.41. The molecule has 0 saturated carbocycles. The molecular formula is C29H40N2O6. The summed E-state index contributed by atoms with van der Waals surface area (Å²) in [7, 11) is 3.13. The lowest BCUT2D eigenvalue weighted by atomic mass is 9.69. The molecule has 0 fully saturated rings. The smallest absolute Gasteiger partial charge is 0.243 e. The van der Waals surface area contributed by atoms with Gasteiger partial charge in [0, 0.05) is 18.0 Å². The van der Waals surface area contributed by atoms with Gasteiger partial charge >= 0.3 is 0 Å². The minimum absolute atomic E-state index is 0.0171. The fourth-order valence-corrected chi connectivity index (χ4v) is 4.90. The normalized spacial score (nSPS) is 15.1. The fraction of sp³-hybridized carbons (Fsp3) is 0.552. The first-order valence-corrected chi connectivity index (χ1v) is 13.0. The van der Waals surface area contributed by atoms with Crippen molar-refractivity contribution in [2.45, 2.75) is 71.1 Å². The molecule has 3 rings (SSSR count). The molecule has 202 valence electrons. The van der Waals surface area contributed by atoms with Crippen molar-refractivity contribution in [3.05, 3.63) is 35.9 Å². The average Bonchev–Trinajstić information content (AvgIpc) is 3.29. The summed E-state index contributed by atoms with van der Waals surface area (Å²) < 4.78 is 35.0. The highest BCUT2D eigenvalue weighted by molar-refractivity contribution is 5.65. The highest BCUT2D eigenvalue weighted by Crippen LogP contribution is 2.53. The van der Waals surface area contributed by atoms with E-state index in [4.69, 9.17) is 34.2 Å². The van der Waals surface area contributed by atoms with Gasteiger partial charge in [0.1, 0.15) is 0 Å². The van der Waals surface area contributed by atoms with Crippen LogP contribution in [-0.4, -0.2) is 39.8 Å². The number of ether oxygens (including phenoxy) is 6. The highest BCUT2D eigenvalue weighted by atomic mass is 16.7. The number of nitriles is 1. The molecule has 0 amide bonds. The maximum atomic E-state index is 10.6. The molecule has 1 heterocycles. The predicted octanol–water partition coefficient (Wildman–Crippen LogP) is 5.60. The number of fused-ring (bicyclic) bond motifs is 1. The summed E-state index contributed by atoms with van der Waals surface area (Å²) in [5.74, 6) is 3.37. The van der Waals surface area contributed by atoms with Crippen LogP contribution in [-0.2, 0) is 5.41 Å². The van der Waals surface area contributed by atoms with Gasteiger partial charge in [-0.1, -0.05) is 26.0 Å². The van der Waals surface area contributed by atoms with Gasteiger partial charge in [0.15, 0.2) is 23.0 Å². The van der Waals surface area contributed by atoms with Gasteiger partial charge in [-0.15, -0.1) is 0 Å². The van der Waals surface area contributed by atoms with Crippen LogP contribution in [0.3, 0.4) is 0 Å². The predicted molar refractivity (Wildman–Crippen MR) is 142 cm³/mol. The van der Waals surface area contributed by atoms with Crippen molar-refractivity contribution in [3.63, 3.8) is 0 Å². The van der Waals surface area contributed by atoms with E-state index in [-0.39, 0.29) is 12.0 Å². The Kier molecular flexibility index (Phi) is 9.76. The zero-order valence-corrected chi connectivity index (χ0v) is 22.8. The molecule has 0 bridgehead atoms. The molecule has 2 atom stereocenters. The third-order valence-corrected chi connectivity index (χ3v) is 6.83. The third kappa shape index (κ3) is 5.99. The fourth-order valence-electron chi connectivity index (χ4n) is 4.90. The van der Waals surface area contributed by atoms with Crippen LogP contribution in [0.5, 0.6) is 34.5 Å². The van der Waals surface area contributed by atoms with Crippen molar-refractivity contribution in [3.8, 4) is 40.6 Å². The number of hydrogen-bond acceptors (Lipinski definition) is 8. The van der Waals surface area contributed by atoms with Gasteiger partial charge in [-0.2, -0.15) is 5.26 Å². The second kappa shape index (κ2) is 12.8. The molecule has 1 aliphatic heterocycles. The Balaban J connectivity index is 1.83. The van der Waals surface area contributed by atoms with Gasteiger partial charge in [-0.25, -0.2) is 0 Å². The van der Waals surface area contributed by atoms with Crippen molar-refractivity contribution in [1.29, 1.82) is 5.26 Å². The summed E-state index contributed by atoms with van der Waals surface area (Å²) in [6.07, 6.45) is 2.19. The lowest BCUT2D eigenvalue weighted by Gasteiger charge is -2.34. The van der Waals surface area contributed by atoms with E-state index in [1.807, 2.05) is 58.0 Å². The first kappa shape index (κ1) is 28.3. The van der Waals surface area contributed by atoms with Crippen molar-refractivity contribution >= 4 is 0 Å². The van der Waals surface area contributed by atoms with Crippen LogP contribution in [0.2, 0.25) is 0 Å². The number of nitrogens with zero attached hydrogens (tertiary/aromatic N) is 1. The van der Waals surface area contributed by atoms with E-state index in [9.17, 15) is 5.26 Å². The lowest BCUT2D eigenvalue weighted by Crippen LogP contribution is -2.34. The number of rotatable bonds is 14. The average molecular weight is 513 g/mol. The summed E-state index contributed by atoms with van der Waals surface area (Å²) >= 11 is 0. The van der Waals surface area contributed by atoms with Crippen molar-refractivity contribution in [1.82, 2.24) is 0 Å². The standard InChI is InChI=1S/C29H40N2O6/c1-7-34-24-17-21(26(35-8-2)28(33-6)27(24)32-5)29(18-30,19(3)4)15-11-12-20(31)16-25-36-22-13-9-10-14-23(22)37-25/h9-10,13-14,17,19-20,25H,7-8,11-12,15-16,31H2,1-6H3. The first-order valence-electron chi connectivity index (χ1n) is 13.0. The van der Waals surface area contributed by atoms with Crippen LogP contribution in [0, 0.1) is 17.2 Å². The maximum Gasteiger partial charge on any atom is 0.243 e. The Labute approximate surface area is 220 Å². The van der Waals surface area contributed by atoms with Crippen LogP contribution in [0.15, 0.2) is 30.3 Å². The number of methoxy groups -OCH3 is 2. The number of hydrogen-bond donors (Lipinski definition) is 1. The Bertz CT molecular complexity index is 1060. The number of nitrogens with two attached hydrogens (primary N) is 1. The molecule has 2 aromatic carbocycles. The van der Waals surface area contributed by atoms with E-state index in [0.717, 1.165) is 23.5 Å². The van der Waals surface area contributed by atoms with E-state index in [0.29, 0.717) is 55.5 Å². The van der Waals surface area contributed by atoms with Gasteiger partial charge in [-0.05, 0) is 57.2 Å². The monoisotopic (exact) mass is 512 g/mol. The van der Waals surface area contributed by atoms with Crippen LogP contribution >= 0.6 is 0 Å². The second-order valence-electron chi connectivity index (χ2n) is 9.42. The van der Waals surface area contributed by atoms with Crippen LogP contribution in [0.4, 0.5) is 0 Å². The summed E-state index contributed by atoms with van der Waals surface area (Å²) in [6, 6.07) is 12.0. The van der Waals surface area contributed by atoms with Gasteiger partial charge in [0.2, 0.25) is 17.8 Å². The largest absolute Gasteiger partial charge is 0.490 e. The quantitative estimate of drug-likeness (QED) is 0.349. The SMILES string of the molecule is CCOc1cc(C(C#N)(CCCC(N)CC2Oc3ccccc3O2)C(C)C)c(OCC)c(OC)c1OC. The van der Waals surface area contributed by atoms with Crippen molar-refractivity contribution in [2.24, 2.45) is 11.7 Å². The molecule has 37 heavy (non-hydrogen) atoms. The van der Waals surface area contributed by atoms with E-state index in [1.54, 1.807) is 14.2 Å². The van der Waals surface area contributed by atoms with Crippen LogP contribution in [0.25, 0.3) is 0 Å². The number of benzene rings is 2. The zero-order valence-electron chi connectivity index (χ0n) is 22.8. The summed E-state index contributed by atoms with van der Waals surface area (Å²) in [4.78, 5) is 0. The van der Waals surface area contributed by atoms with Crippen molar-refractivity contribution < 1.29 is 28.4 Å². The van der Waals surface area contributed by atoms with Gasteiger partial charge in [0.25, 0.3) is 0 Å². The topological polar surface area (TPSA) is 105 Å². The summed E-state index contributed by atoms with van der Waals surface area (Å²) in [5, 5.41) is 10.6.